The lowest BCUT2D eigenvalue weighted by Crippen LogP contribution is -2.46. The summed E-state index contributed by atoms with van der Waals surface area (Å²) in [5, 5.41) is 0.300. The molecule has 6 heteroatoms. The van der Waals surface area contributed by atoms with Gasteiger partial charge < -0.3 is 10.6 Å². The standard InChI is InChI=1S/C13H19ClN4O/c1-8(2)12-16-6-10(14)11(17-12)13(19)18-5-3-4-9(15)7-18/h6,8-9H,3-5,7,15H2,1-2H3. The monoisotopic (exact) mass is 282 g/mol. The molecule has 2 heterocycles. The normalized spacial score (nSPS) is 19.8. The van der Waals surface area contributed by atoms with Gasteiger partial charge in [0.15, 0.2) is 5.69 Å². The van der Waals surface area contributed by atoms with Crippen molar-refractivity contribution in [2.24, 2.45) is 5.73 Å². The summed E-state index contributed by atoms with van der Waals surface area (Å²) >= 11 is 6.05. The maximum Gasteiger partial charge on any atom is 0.274 e. The molecule has 1 unspecified atom stereocenters. The van der Waals surface area contributed by atoms with Gasteiger partial charge in [0.05, 0.1) is 11.2 Å². The Bertz CT molecular complexity index is 478. The van der Waals surface area contributed by atoms with Crippen LogP contribution >= 0.6 is 11.6 Å². The molecule has 0 saturated carbocycles. The van der Waals surface area contributed by atoms with Crippen molar-refractivity contribution in [3.63, 3.8) is 0 Å². The number of halogens is 1. The number of aromatic nitrogens is 2. The molecule has 1 aliphatic heterocycles. The molecule has 2 rings (SSSR count). The van der Waals surface area contributed by atoms with E-state index in [9.17, 15) is 4.79 Å². The summed E-state index contributed by atoms with van der Waals surface area (Å²) in [6.45, 7) is 5.24. The van der Waals surface area contributed by atoms with E-state index in [0.717, 1.165) is 12.8 Å². The summed E-state index contributed by atoms with van der Waals surface area (Å²) in [6.07, 6.45) is 3.38. The first-order valence-corrected chi connectivity index (χ1v) is 6.94. The fourth-order valence-corrected chi connectivity index (χ4v) is 2.33. The quantitative estimate of drug-likeness (QED) is 0.898. The first-order chi connectivity index (χ1) is 8.99. The molecule has 1 aromatic rings. The SMILES string of the molecule is CC(C)c1ncc(Cl)c(C(=O)N2CCCC(N)C2)n1. The minimum absolute atomic E-state index is 0.0443. The van der Waals surface area contributed by atoms with Crippen molar-refractivity contribution in [3.8, 4) is 0 Å². The Morgan fingerprint density at radius 3 is 2.95 bits per heavy atom. The van der Waals surface area contributed by atoms with E-state index in [-0.39, 0.29) is 23.6 Å². The lowest BCUT2D eigenvalue weighted by atomic mass is 10.1. The molecule has 2 N–H and O–H groups in total. The summed E-state index contributed by atoms with van der Waals surface area (Å²) in [7, 11) is 0. The predicted octanol–water partition coefficient (Wildman–Crippen LogP) is 1.82. The maximum atomic E-state index is 12.4. The van der Waals surface area contributed by atoms with Crippen LogP contribution in [-0.2, 0) is 0 Å². The highest BCUT2D eigenvalue weighted by atomic mass is 35.5. The number of nitrogens with two attached hydrogens (primary N) is 1. The highest BCUT2D eigenvalue weighted by Crippen LogP contribution is 2.19. The molecule has 19 heavy (non-hydrogen) atoms. The average molecular weight is 283 g/mol. The molecule has 1 saturated heterocycles. The lowest BCUT2D eigenvalue weighted by Gasteiger charge is -2.30. The highest BCUT2D eigenvalue weighted by Gasteiger charge is 2.25. The molecule has 1 atom stereocenters. The Labute approximate surface area is 118 Å². The van der Waals surface area contributed by atoms with Crippen LogP contribution in [0.15, 0.2) is 6.20 Å². The fraction of sp³-hybridized carbons (Fsp3) is 0.615. The maximum absolute atomic E-state index is 12.4. The predicted molar refractivity (Wildman–Crippen MR) is 74.2 cm³/mol. The third-order valence-corrected chi connectivity index (χ3v) is 3.50. The molecule has 0 aliphatic carbocycles. The topological polar surface area (TPSA) is 72.1 Å². The van der Waals surface area contributed by atoms with Crippen molar-refractivity contribution in [3.05, 3.63) is 22.7 Å². The Balaban J connectivity index is 2.24. The Morgan fingerprint density at radius 1 is 1.58 bits per heavy atom. The first-order valence-electron chi connectivity index (χ1n) is 6.56. The van der Waals surface area contributed by atoms with Crippen LogP contribution in [0.2, 0.25) is 5.02 Å². The number of carbonyl (C=O) groups is 1. The second kappa shape index (κ2) is 5.84. The van der Waals surface area contributed by atoms with Gasteiger partial charge >= 0.3 is 0 Å². The van der Waals surface area contributed by atoms with Crippen molar-refractivity contribution in [2.75, 3.05) is 13.1 Å². The van der Waals surface area contributed by atoms with Crippen LogP contribution in [-0.4, -0.2) is 39.9 Å². The van der Waals surface area contributed by atoms with Gasteiger partial charge in [0.1, 0.15) is 5.82 Å². The number of carbonyl (C=O) groups excluding carboxylic acids is 1. The molecular formula is C13H19ClN4O. The molecule has 1 fully saturated rings. The van der Waals surface area contributed by atoms with E-state index < -0.39 is 0 Å². The molecule has 1 aromatic heterocycles. The van der Waals surface area contributed by atoms with Gasteiger partial charge in [-0.05, 0) is 12.8 Å². The van der Waals surface area contributed by atoms with Crippen LogP contribution in [0, 0.1) is 0 Å². The van der Waals surface area contributed by atoms with Gasteiger partial charge in [-0.15, -0.1) is 0 Å². The van der Waals surface area contributed by atoms with E-state index in [1.165, 1.54) is 6.20 Å². The van der Waals surface area contributed by atoms with Gasteiger partial charge in [0.2, 0.25) is 0 Å². The number of hydrogen-bond acceptors (Lipinski definition) is 4. The Morgan fingerprint density at radius 2 is 2.32 bits per heavy atom. The fourth-order valence-electron chi connectivity index (χ4n) is 2.15. The molecule has 0 aromatic carbocycles. The van der Waals surface area contributed by atoms with Crippen molar-refractivity contribution >= 4 is 17.5 Å². The number of nitrogens with zero attached hydrogens (tertiary/aromatic N) is 3. The molecule has 5 nitrogen and oxygen atoms in total. The van der Waals surface area contributed by atoms with Crippen LogP contribution in [0.1, 0.15) is 48.9 Å². The third-order valence-electron chi connectivity index (χ3n) is 3.23. The summed E-state index contributed by atoms with van der Waals surface area (Å²) in [4.78, 5) is 22.6. The zero-order valence-corrected chi connectivity index (χ0v) is 12.0. The second-order valence-corrected chi connectivity index (χ2v) is 5.64. The van der Waals surface area contributed by atoms with Crippen LogP contribution in [0.3, 0.4) is 0 Å². The zero-order valence-electron chi connectivity index (χ0n) is 11.3. The van der Waals surface area contributed by atoms with E-state index in [1.54, 1.807) is 4.90 Å². The van der Waals surface area contributed by atoms with Crippen molar-refractivity contribution < 1.29 is 4.79 Å². The van der Waals surface area contributed by atoms with E-state index in [0.29, 0.717) is 23.9 Å². The number of amides is 1. The molecule has 0 radical (unpaired) electrons. The van der Waals surface area contributed by atoms with Gasteiger partial charge in [0.25, 0.3) is 5.91 Å². The minimum Gasteiger partial charge on any atom is -0.336 e. The highest BCUT2D eigenvalue weighted by molar-refractivity contribution is 6.33. The second-order valence-electron chi connectivity index (χ2n) is 5.23. The van der Waals surface area contributed by atoms with Gasteiger partial charge in [-0.1, -0.05) is 25.4 Å². The average Bonchev–Trinajstić information content (AvgIpc) is 2.38. The van der Waals surface area contributed by atoms with Gasteiger partial charge in [0, 0.05) is 25.0 Å². The van der Waals surface area contributed by atoms with Crippen molar-refractivity contribution in [2.45, 2.75) is 38.6 Å². The van der Waals surface area contributed by atoms with Crippen LogP contribution in [0.25, 0.3) is 0 Å². The number of hydrogen-bond donors (Lipinski definition) is 1. The van der Waals surface area contributed by atoms with Crippen LogP contribution in [0.4, 0.5) is 0 Å². The van der Waals surface area contributed by atoms with Gasteiger partial charge in [-0.3, -0.25) is 4.79 Å². The first kappa shape index (κ1) is 14.2. The Hall–Kier alpha value is -1.20. The van der Waals surface area contributed by atoms with E-state index >= 15 is 0 Å². The summed E-state index contributed by atoms with van der Waals surface area (Å²) in [5.41, 5.74) is 6.18. The van der Waals surface area contributed by atoms with E-state index in [4.69, 9.17) is 17.3 Å². The zero-order chi connectivity index (χ0) is 14.0. The van der Waals surface area contributed by atoms with Gasteiger partial charge in [-0.25, -0.2) is 9.97 Å². The number of rotatable bonds is 2. The van der Waals surface area contributed by atoms with Gasteiger partial charge in [-0.2, -0.15) is 0 Å². The Kier molecular flexibility index (Phi) is 4.37. The number of piperidine rings is 1. The van der Waals surface area contributed by atoms with Crippen molar-refractivity contribution in [1.29, 1.82) is 0 Å². The molecule has 104 valence electrons. The summed E-state index contributed by atoms with van der Waals surface area (Å²) < 4.78 is 0. The largest absolute Gasteiger partial charge is 0.336 e. The molecule has 1 aliphatic rings. The lowest BCUT2D eigenvalue weighted by molar-refractivity contribution is 0.0702. The minimum atomic E-state index is -0.149. The van der Waals surface area contributed by atoms with E-state index in [2.05, 4.69) is 9.97 Å². The van der Waals surface area contributed by atoms with Crippen molar-refractivity contribution in [1.82, 2.24) is 14.9 Å². The summed E-state index contributed by atoms with van der Waals surface area (Å²) in [6, 6.07) is 0.0443. The molecule has 0 bridgehead atoms. The molecule has 1 amide bonds. The van der Waals surface area contributed by atoms with Crippen LogP contribution < -0.4 is 5.73 Å². The third kappa shape index (κ3) is 3.22. The molecular weight excluding hydrogens is 264 g/mol. The van der Waals surface area contributed by atoms with E-state index in [1.807, 2.05) is 13.8 Å². The molecule has 0 spiro atoms. The van der Waals surface area contributed by atoms with Crippen LogP contribution in [0.5, 0.6) is 0 Å². The smallest absolute Gasteiger partial charge is 0.274 e. The number of likely N-dealkylation sites (tertiary alicyclic amines) is 1. The summed E-state index contributed by atoms with van der Waals surface area (Å²) in [5.74, 6) is 0.644.